The van der Waals surface area contributed by atoms with Crippen LogP contribution in [0.15, 0.2) is 48.7 Å². The summed E-state index contributed by atoms with van der Waals surface area (Å²) < 4.78 is 99.2. The Morgan fingerprint density at radius 1 is 0.846 bits per heavy atom. The van der Waals surface area contributed by atoms with Gasteiger partial charge in [0.15, 0.2) is 0 Å². The minimum absolute atomic E-state index is 0.0152. The first-order valence-corrected chi connectivity index (χ1v) is 11.3. The summed E-state index contributed by atoms with van der Waals surface area (Å²) in [6.07, 6.45) is -9.05. The topological polar surface area (TPSA) is 59.5 Å². The summed E-state index contributed by atoms with van der Waals surface area (Å²) in [5.41, 5.74) is -4.53. The molecule has 208 valence electrons. The molecule has 1 aromatic heterocycles. The van der Waals surface area contributed by atoms with Crippen molar-refractivity contribution in [3.05, 3.63) is 82.4 Å². The van der Waals surface area contributed by atoms with Gasteiger partial charge in [-0.15, -0.1) is 0 Å². The molecule has 0 aliphatic rings. The highest BCUT2D eigenvalue weighted by atomic mass is 19.4. The number of alkyl halides is 6. The molecule has 0 spiro atoms. The first kappa shape index (κ1) is 29.6. The van der Waals surface area contributed by atoms with Gasteiger partial charge in [-0.25, -0.2) is 14.2 Å². The van der Waals surface area contributed by atoms with Crippen LogP contribution in [0.3, 0.4) is 0 Å². The maximum absolute atomic E-state index is 13.8. The first-order valence-electron chi connectivity index (χ1n) is 11.3. The largest absolute Gasteiger partial charge is 0.464 e. The predicted molar refractivity (Wildman–Crippen MR) is 129 cm³/mol. The van der Waals surface area contributed by atoms with Crippen molar-refractivity contribution in [2.75, 3.05) is 19.1 Å². The number of rotatable bonds is 5. The average molecular weight is 556 g/mol. The van der Waals surface area contributed by atoms with Crippen LogP contribution in [0.25, 0.3) is 11.1 Å². The number of likely N-dealkylation sites (N-methyl/N-ethyl adjacent to an activating group) is 1. The summed E-state index contributed by atoms with van der Waals surface area (Å²) in [6.45, 7) is 3.97. The molecule has 3 rings (SSSR count). The van der Waals surface area contributed by atoms with Crippen LogP contribution in [-0.4, -0.2) is 31.0 Å². The molecular formula is C27H23F7N2O3. The molecule has 0 saturated heterocycles. The molecule has 0 aliphatic carbocycles. The van der Waals surface area contributed by atoms with E-state index in [1.54, 1.807) is 6.92 Å². The van der Waals surface area contributed by atoms with Gasteiger partial charge in [-0.2, -0.15) is 26.3 Å². The lowest BCUT2D eigenvalue weighted by Gasteiger charge is -2.32. The van der Waals surface area contributed by atoms with Crippen LogP contribution >= 0.6 is 0 Å². The van der Waals surface area contributed by atoms with Crippen molar-refractivity contribution in [3.8, 4) is 11.1 Å². The number of amides is 1. The van der Waals surface area contributed by atoms with Gasteiger partial charge in [0.1, 0.15) is 11.5 Å². The van der Waals surface area contributed by atoms with E-state index in [1.807, 2.05) is 0 Å². The molecule has 0 saturated carbocycles. The molecule has 0 unspecified atom stereocenters. The number of carbonyl (C=O) groups is 2. The van der Waals surface area contributed by atoms with Crippen LogP contribution in [0, 0.1) is 12.7 Å². The summed E-state index contributed by atoms with van der Waals surface area (Å²) in [7, 11) is 2.39. The third-order valence-corrected chi connectivity index (χ3v) is 6.27. The molecule has 39 heavy (non-hydrogen) atoms. The van der Waals surface area contributed by atoms with E-state index in [0.717, 1.165) is 24.3 Å². The molecule has 0 radical (unpaired) electrons. The molecule has 0 N–H and O–H groups in total. The third kappa shape index (κ3) is 6.04. The molecule has 5 nitrogen and oxygen atoms in total. The second kappa shape index (κ2) is 10.3. The van der Waals surface area contributed by atoms with Crippen molar-refractivity contribution in [1.29, 1.82) is 0 Å². The summed E-state index contributed by atoms with van der Waals surface area (Å²) in [6, 6.07) is 6.05. The normalized spacial score (nSPS) is 12.3. The van der Waals surface area contributed by atoms with Crippen LogP contribution in [-0.2, 0) is 27.3 Å². The zero-order valence-electron chi connectivity index (χ0n) is 21.4. The predicted octanol–water partition coefficient (Wildman–Crippen LogP) is 6.96. The van der Waals surface area contributed by atoms with Crippen LogP contribution in [0.2, 0.25) is 0 Å². The lowest BCUT2D eigenvalue weighted by molar-refractivity contribution is -0.143. The van der Waals surface area contributed by atoms with E-state index in [1.165, 1.54) is 39.1 Å². The number of ether oxygens (including phenoxy) is 1. The zero-order chi connectivity index (χ0) is 29.5. The minimum Gasteiger partial charge on any atom is -0.464 e. The molecule has 1 heterocycles. The van der Waals surface area contributed by atoms with E-state index < -0.39 is 52.2 Å². The molecule has 12 heteroatoms. The number of hydrogen-bond acceptors (Lipinski definition) is 4. The fourth-order valence-corrected chi connectivity index (χ4v) is 4.04. The van der Waals surface area contributed by atoms with Crippen molar-refractivity contribution >= 4 is 17.6 Å². The van der Waals surface area contributed by atoms with Crippen LogP contribution in [0.1, 0.15) is 46.6 Å². The number of anilines is 1. The number of carbonyl (C=O) groups excluding carboxylic acids is 2. The number of aryl methyl sites for hydroxylation is 1. The van der Waals surface area contributed by atoms with Gasteiger partial charge in [0.25, 0.3) is 0 Å². The Morgan fingerprint density at radius 3 is 1.87 bits per heavy atom. The van der Waals surface area contributed by atoms with Crippen LogP contribution < -0.4 is 4.90 Å². The molecule has 3 aromatic rings. The number of pyridine rings is 1. The SMILES string of the molecule is COC(=O)c1cc(-c2ccc(F)cc2C)c(N(C)C(=O)C(C)(C)c2cc(C(F)(F)F)cc(C(F)(F)F)c2)cn1. The van der Waals surface area contributed by atoms with Crippen LogP contribution in [0.5, 0.6) is 0 Å². The van der Waals surface area contributed by atoms with Gasteiger partial charge in [-0.1, -0.05) is 6.07 Å². The van der Waals surface area contributed by atoms with Gasteiger partial charge in [-0.05, 0) is 73.9 Å². The van der Waals surface area contributed by atoms with E-state index >= 15 is 0 Å². The third-order valence-electron chi connectivity index (χ3n) is 6.27. The maximum atomic E-state index is 13.8. The lowest BCUT2D eigenvalue weighted by Crippen LogP contribution is -2.42. The van der Waals surface area contributed by atoms with Crippen molar-refractivity contribution in [2.24, 2.45) is 0 Å². The Bertz CT molecular complexity index is 1400. The van der Waals surface area contributed by atoms with Gasteiger partial charge < -0.3 is 9.64 Å². The van der Waals surface area contributed by atoms with Gasteiger partial charge >= 0.3 is 18.3 Å². The van der Waals surface area contributed by atoms with Crippen molar-refractivity contribution in [2.45, 2.75) is 38.5 Å². The molecule has 0 aliphatic heterocycles. The summed E-state index contributed by atoms with van der Waals surface area (Å²) in [5.74, 6) is -2.22. The average Bonchev–Trinajstić information content (AvgIpc) is 2.85. The molecule has 2 aromatic carbocycles. The summed E-state index contributed by atoms with van der Waals surface area (Å²) in [4.78, 5) is 30.8. The fourth-order valence-electron chi connectivity index (χ4n) is 4.04. The Balaban J connectivity index is 2.18. The highest BCUT2D eigenvalue weighted by Gasteiger charge is 2.41. The number of halogens is 7. The van der Waals surface area contributed by atoms with E-state index in [4.69, 9.17) is 0 Å². The Labute approximate surface area is 219 Å². The smallest absolute Gasteiger partial charge is 0.416 e. The zero-order valence-corrected chi connectivity index (χ0v) is 21.4. The van der Waals surface area contributed by atoms with E-state index in [0.29, 0.717) is 23.3 Å². The molecule has 0 fully saturated rings. The minimum atomic E-state index is -5.10. The van der Waals surface area contributed by atoms with Gasteiger partial charge in [0.05, 0.1) is 35.5 Å². The van der Waals surface area contributed by atoms with Crippen molar-refractivity contribution < 1.29 is 45.1 Å². The number of aromatic nitrogens is 1. The fraction of sp³-hybridized carbons (Fsp3) is 0.296. The molecule has 1 amide bonds. The Morgan fingerprint density at radius 2 is 1.38 bits per heavy atom. The number of nitrogens with zero attached hydrogens (tertiary/aromatic N) is 2. The highest BCUT2D eigenvalue weighted by Crippen LogP contribution is 2.41. The highest BCUT2D eigenvalue weighted by molar-refractivity contribution is 6.04. The van der Waals surface area contributed by atoms with E-state index in [2.05, 4.69) is 9.72 Å². The van der Waals surface area contributed by atoms with Crippen LogP contribution in [0.4, 0.5) is 36.4 Å². The van der Waals surface area contributed by atoms with Crippen molar-refractivity contribution in [1.82, 2.24) is 4.98 Å². The molecular weight excluding hydrogens is 533 g/mol. The molecule has 0 bridgehead atoms. The van der Waals surface area contributed by atoms with E-state index in [-0.39, 0.29) is 23.0 Å². The Kier molecular flexibility index (Phi) is 7.82. The number of benzene rings is 2. The monoisotopic (exact) mass is 556 g/mol. The summed E-state index contributed by atoms with van der Waals surface area (Å²) >= 11 is 0. The maximum Gasteiger partial charge on any atom is 0.416 e. The van der Waals surface area contributed by atoms with Gasteiger partial charge in [0, 0.05) is 12.6 Å². The van der Waals surface area contributed by atoms with E-state index in [9.17, 15) is 40.3 Å². The summed E-state index contributed by atoms with van der Waals surface area (Å²) in [5, 5.41) is 0. The Hall–Kier alpha value is -3.96. The molecule has 0 atom stereocenters. The lowest BCUT2D eigenvalue weighted by atomic mass is 9.81. The van der Waals surface area contributed by atoms with Crippen molar-refractivity contribution in [3.63, 3.8) is 0 Å². The van der Waals surface area contributed by atoms with Gasteiger partial charge in [-0.3, -0.25) is 4.79 Å². The number of hydrogen-bond donors (Lipinski definition) is 0. The standard InChI is InChI=1S/C27H23F7N2O3/c1-14-8-18(28)6-7-19(14)20-12-21(23(37)39-5)35-13-22(20)36(4)24(38)25(2,3)15-9-16(26(29,30)31)11-17(10-15)27(32,33)34/h6-13H,1-5H3. The number of methoxy groups -OCH3 is 1. The quantitative estimate of drug-likeness (QED) is 0.252. The second-order valence-corrected chi connectivity index (χ2v) is 9.32. The number of esters is 1. The van der Waals surface area contributed by atoms with Gasteiger partial charge in [0.2, 0.25) is 5.91 Å². The first-order chi connectivity index (χ1) is 17.9. The second-order valence-electron chi connectivity index (χ2n) is 9.32.